The normalized spacial score (nSPS) is 9.18. The molecule has 0 aliphatic heterocycles. The van der Waals surface area contributed by atoms with E-state index in [2.05, 4.69) is 15.0 Å². The van der Waals surface area contributed by atoms with Gasteiger partial charge in [0.25, 0.3) is 16.7 Å². The molecule has 15 nitrogen and oxygen atoms in total. The molecule has 0 atom stereocenters. The first-order chi connectivity index (χ1) is 15.4. The van der Waals surface area contributed by atoms with Gasteiger partial charge in [0.2, 0.25) is 0 Å². The second-order valence-electron chi connectivity index (χ2n) is 5.56. The molecule has 16 heteroatoms. The fraction of sp³-hybridized carbons (Fsp3) is 0. The van der Waals surface area contributed by atoms with Crippen LogP contribution in [0.15, 0.2) is 51.2 Å². The Kier molecular flexibility index (Phi) is 11.9. The number of aromatic hydroxyl groups is 3. The van der Waals surface area contributed by atoms with Gasteiger partial charge in [-0.1, -0.05) is 0 Å². The van der Waals surface area contributed by atoms with E-state index < -0.39 is 68.5 Å². The van der Waals surface area contributed by atoms with Gasteiger partial charge >= 0.3 is 39.9 Å². The predicted octanol–water partition coefficient (Wildman–Crippen LogP) is -4.67. The number of aromatic nitrogens is 3. The second kappa shape index (κ2) is 13.5. The third-order valence-electron chi connectivity index (χ3n) is 3.43. The van der Waals surface area contributed by atoms with E-state index in [1.54, 1.807) is 0 Å². The van der Waals surface area contributed by atoms with Gasteiger partial charge in [0.1, 0.15) is 33.9 Å². The quantitative estimate of drug-likeness (QED) is 0.161. The maximum Gasteiger partial charge on any atom is 3.00 e. The van der Waals surface area contributed by atoms with Crippen LogP contribution in [0.25, 0.3) is 0 Å². The summed E-state index contributed by atoms with van der Waals surface area (Å²) < 4.78 is 0. The SMILES string of the molecule is O=C([O-])c1c(O)cc[nH]c1=O.O=C([O-])c1c(O)cc[nH]c1=O.O=C([O-])c1c(O)cc[nH]c1=O.[Gd+3]. The first kappa shape index (κ1) is 30.0. The van der Waals surface area contributed by atoms with E-state index in [0.29, 0.717) is 0 Å². The van der Waals surface area contributed by atoms with Crippen LogP contribution in [-0.4, -0.2) is 48.2 Å². The Morgan fingerprint density at radius 3 is 0.882 bits per heavy atom. The summed E-state index contributed by atoms with van der Waals surface area (Å²) in [5, 5.41) is 56.9. The molecule has 0 spiro atoms. The fourth-order valence-electron chi connectivity index (χ4n) is 2.00. The molecule has 0 aromatic carbocycles. The molecule has 6 N–H and O–H groups in total. The average molecular weight is 620 g/mol. The molecule has 179 valence electrons. The van der Waals surface area contributed by atoms with Crippen LogP contribution in [0.3, 0.4) is 0 Å². The Bertz CT molecular complexity index is 1190. The van der Waals surface area contributed by atoms with E-state index in [4.69, 9.17) is 15.3 Å². The van der Waals surface area contributed by atoms with Crippen LogP contribution in [0.5, 0.6) is 17.2 Å². The zero-order valence-electron chi connectivity index (χ0n) is 16.3. The maximum atomic E-state index is 10.6. The number of nitrogens with one attached hydrogen (secondary N) is 3. The molecule has 0 aliphatic rings. The Morgan fingerprint density at radius 1 is 0.559 bits per heavy atom. The standard InChI is InChI=1S/3C6H5NO4.Gd/c3*8-3-1-2-7-5(9)4(3)6(10)11;/h3*1-2H,(H,10,11)(H2,7,8,9);/q;;;+3/p-3. The number of carboxylic acids is 3. The number of hydrogen-bond donors (Lipinski definition) is 6. The average Bonchev–Trinajstić information content (AvgIpc) is 2.68. The first-order valence-electron chi connectivity index (χ1n) is 8.24. The van der Waals surface area contributed by atoms with Crippen molar-refractivity contribution in [2.24, 2.45) is 0 Å². The van der Waals surface area contributed by atoms with Gasteiger partial charge in [0.15, 0.2) is 0 Å². The molecule has 0 bridgehead atoms. The monoisotopic (exact) mass is 620 g/mol. The second-order valence-corrected chi connectivity index (χ2v) is 5.56. The molecule has 0 unspecified atom stereocenters. The third kappa shape index (κ3) is 8.16. The number of pyridine rings is 3. The van der Waals surface area contributed by atoms with Crippen molar-refractivity contribution in [3.63, 3.8) is 0 Å². The number of aromatic amines is 3. The van der Waals surface area contributed by atoms with E-state index in [9.17, 15) is 44.1 Å². The van der Waals surface area contributed by atoms with Gasteiger partial charge in [-0.05, 0) is 18.2 Å². The van der Waals surface area contributed by atoms with Crippen molar-refractivity contribution in [3.8, 4) is 17.2 Å². The van der Waals surface area contributed by atoms with E-state index in [1.807, 2.05) is 0 Å². The smallest absolute Gasteiger partial charge is 0.544 e. The van der Waals surface area contributed by atoms with Crippen LogP contribution in [0.2, 0.25) is 0 Å². The van der Waals surface area contributed by atoms with Crippen molar-refractivity contribution < 1.29 is 85.0 Å². The minimum absolute atomic E-state index is 0. The van der Waals surface area contributed by atoms with Gasteiger partial charge in [0, 0.05) is 18.6 Å². The molecule has 0 saturated carbocycles. The molecular formula is C18H12GdN3O12. The van der Waals surface area contributed by atoms with Crippen molar-refractivity contribution in [2.75, 3.05) is 0 Å². The van der Waals surface area contributed by atoms with E-state index >= 15 is 0 Å². The van der Waals surface area contributed by atoms with Gasteiger partial charge in [-0.3, -0.25) is 14.4 Å². The molecule has 0 saturated heterocycles. The van der Waals surface area contributed by atoms with Crippen LogP contribution >= 0.6 is 0 Å². The molecule has 3 aromatic rings. The zero-order valence-corrected chi connectivity index (χ0v) is 18.6. The molecule has 0 aliphatic carbocycles. The zero-order chi connectivity index (χ0) is 25.3. The fourth-order valence-corrected chi connectivity index (χ4v) is 2.00. The number of rotatable bonds is 3. The largest absolute Gasteiger partial charge is 3.00 e. The van der Waals surface area contributed by atoms with E-state index in [-0.39, 0.29) is 39.9 Å². The van der Waals surface area contributed by atoms with Crippen LogP contribution in [0.1, 0.15) is 31.1 Å². The van der Waals surface area contributed by atoms with Gasteiger partial charge in [-0.15, -0.1) is 0 Å². The van der Waals surface area contributed by atoms with E-state index in [1.165, 1.54) is 0 Å². The van der Waals surface area contributed by atoms with Gasteiger partial charge in [0.05, 0.1) is 17.9 Å². The molecular weight excluding hydrogens is 607 g/mol. The first-order valence-corrected chi connectivity index (χ1v) is 8.24. The Balaban J connectivity index is 0.000000473. The van der Waals surface area contributed by atoms with Crippen molar-refractivity contribution in [3.05, 3.63) is 84.5 Å². The summed E-state index contributed by atoms with van der Waals surface area (Å²) in [6, 6.07) is 3.19. The summed E-state index contributed by atoms with van der Waals surface area (Å²) in [7, 11) is 0. The molecule has 0 amide bonds. The number of hydrogen-bond acceptors (Lipinski definition) is 12. The van der Waals surface area contributed by atoms with Crippen molar-refractivity contribution in [2.45, 2.75) is 0 Å². The minimum Gasteiger partial charge on any atom is -0.544 e. The van der Waals surface area contributed by atoms with Crippen molar-refractivity contribution >= 4 is 17.9 Å². The summed E-state index contributed by atoms with van der Waals surface area (Å²) in [4.78, 5) is 68.6. The van der Waals surface area contributed by atoms with Crippen LogP contribution < -0.4 is 32.0 Å². The molecule has 3 aromatic heterocycles. The topological polar surface area (TPSA) is 280 Å². The minimum atomic E-state index is -1.69. The molecule has 1 radical (unpaired) electrons. The van der Waals surface area contributed by atoms with Crippen molar-refractivity contribution in [1.29, 1.82) is 0 Å². The molecule has 0 fully saturated rings. The van der Waals surface area contributed by atoms with Gasteiger partial charge in [-0.25, -0.2) is 0 Å². The summed E-state index contributed by atoms with van der Waals surface area (Å²) in [5.41, 5.74) is -4.84. The van der Waals surface area contributed by atoms with Gasteiger partial charge in [-0.2, -0.15) is 0 Å². The van der Waals surface area contributed by atoms with Crippen molar-refractivity contribution in [1.82, 2.24) is 15.0 Å². The van der Waals surface area contributed by atoms with Crippen LogP contribution in [0, 0.1) is 39.9 Å². The Labute approximate surface area is 218 Å². The number of H-pyrrole nitrogens is 3. The molecule has 3 heterocycles. The number of carbonyl (C=O) groups excluding carboxylic acids is 3. The number of carboxylic acid groups (broad SMARTS) is 3. The Morgan fingerprint density at radius 2 is 0.765 bits per heavy atom. The maximum absolute atomic E-state index is 10.6. The summed E-state index contributed by atoms with van der Waals surface area (Å²) in [5.74, 6) is -6.84. The summed E-state index contributed by atoms with van der Waals surface area (Å²) in [6.45, 7) is 0. The van der Waals surface area contributed by atoms with Crippen LogP contribution in [-0.2, 0) is 0 Å². The molecule has 34 heavy (non-hydrogen) atoms. The number of carbonyl (C=O) groups is 3. The number of aromatic carboxylic acids is 3. The summed E-state index contributed by atoms with van der Waals surface area (Å²) in [6.07, 6.45) is 3.43. The molecule has 3 rings (SSSR count). The predicted molar refractivity (Wildman–Crippen MR) is 99.2 cm³/mol. The van der Waals surface area contributed by atoms with Crippen LogP contribution in [0.4, 0.5) is 0 Å². The Hall–Kier alpha value is -4.02. The van der Waals surface area contributed by atoms with Gasteiger partial charge < -0.3 is 60.0 Å². The van der Waals surface area contributed by atoms with E-state index in [0.717, 1.165) is 36.8 Å². The summed E-state index contributed by atoms with van der Waals surface area (Å²) >= 11 is 0. The third-order valence-corrected chi connectivity index (χ3v) is 3.43.